The second-order valence-electron chi connectivity index (χ2n) is 10.5. The predicted molar refractivity (Wildman–Crippen MR) is 165 cm³/mol. The van der Waals surface area contributed by atoms with Crippen molar-refractivity contribution < 1.29 is 31.1 Å². The Kier molecular flexibility index (Phi) is 17.2. The Morgan fingerprint density at radius 1 is 0.900 bits per heavy atom. The molecule has 1 amide bonds. The van der Waals surface area contributed by atoms with Crippen LogP contribution in [0.25, 0.3) is 0 Å². The maximum atomic E-state index is 12.6. The molecule has 0 spiro atoms. The minimum Gasteiger partial charge on any atom is -1.00 e. The Bertz CT molecular complexity index is 1120. The number of unbranched alkanes of at least 4 members (excludes halogenated alkanes) is 11. The zero-order valence-electron chi connectivity index (χ0n) is 24.2. The van der Waals surface area contributed by atoms with Gasteiger partial charge in [0.1, 0.15) is 5.75 Å². The quantitative estimate of drug-likeness (QED) is 0.122. The molecule has 1 heterocycles. The summed E-state index contributed by atoms with van der Waals surface area (Å²) in [6.45, 7) is 5.91. The van der Waals surface area contributed by atoms with Crippen molar-refractivity contribution in [2.75, 3.05) is 11.9 Å². The van der Waals surface area contributed by atoms with Gasteiger partial charge in [-0.2, -0.15) is 4.57 Å². The number of thiazole rings is 1. The fraction of sp³-hybridized carbons (Fsp3) is 0.515. The summed E-state index contributed by atoms with van der Waals surface area (Å²) in [5, 5.41) is 6.90. The van der Waals surface area contributed by atoms with Crippen molar-refractivity contribution in [1.82, 2.24) is 0 Å². The highest BCUT2D eigenvalue weighted by Gasteiger charge is 2.11. The first-order valence-corrected chi connectivity index (χ1v) is 16.0. The Morgan fingerprint density at radius 3 is 2.10 bits per heavy atom. The number of benzene rings is 2. The van der Waals surface area contributed by atoms with Gasteiger partial charge >= 0.3 is 0 Å². The van der Waals surface area contributed by atoms with E-state index in [2.05, 4.69) is 47.4 Å². The lowest BCUT2D eigenvalue weighted by molar-refractivity contribution is -0.689. The zero-order valence-corrected chi connectivity index (χ0v) is 27.4. The largest absolute Gasteiger partial charge is 1.00 e. The first-order chi connectivity index (χ1) is 19.0. The molecule has 0 saturated heterocycles. The molecule has 220 valence electrons. The molecule has 1 N–H and O–H groups in total. The molecule has 0 aliphatic heterocycles. The van der Waals surface area contributed by atoms with Crippen LogP contribution in [0.1, 0.15) is 100 Å². The van der Waals surface area contributed by atoms with Crippen molar-refractivity contribution >= 4 is 34.5 Å². The standard InChI is InChI=1S/C33H45ClN2O2S.BrH/c1-3-4-5-6-7-8-9-10-11-12-13-14-22-38-31-20-17-29(32(34)25-31)24-33(37)35-30-18-15-28(16-19-30)26-36-21-23-39-27(36)2;/h15-21,23,25H,3-14,22,24,26H2,1-2H3;1H. The van der Waals surface area contributed by atoms with Crippen LogP contribution in [-0.4, -0.2) is 12.5 Å². The third-order valence-corrected chi connectivity index (χ3v) is 8.30. The molecule has 0 aliphatic carbocycles. The van der Waals surface area contributed by atoms with Crippen LogP contribution in [-0.2, 0) is 17.8 Å². The number of aryl methyl sites for hydroxylation is 1. The average Bonchev–Trinajstić information content (AvgIpc) is 3.33. The molecule has 3 aromatic rings. The lowest BCUT2D eigenvalue weighted by atomic mass is 10.1. The molecule has 0 fully saturated rings. The number of hydrogen-bond acceptors (Lipinski definition) is 3. The third-order valence-electron chi connectivity index (χ3n) is 7.12. The SMILES string of the molecule is CCCCCCCCCCCCCCOc1ccc(CC(=O)Nc2ccc(C[n+]3ccsc3C)cc2)c(Cl)c1.[Br-]. The van der Waals surface area contributed by atoms with Crippen LogP contribution in [0.3, 0.4) is 0 Å². The molecule has 0 bridgehead atoms. The van der Waals surface area contributed by atoms with Crippen molar-refractivity contribution in [3.8, 4) is 5.75 Å². The summed E-state index contributed by atoms with van der Waals surface area (Å²) in [7, 11) is 0. The Morgan fingerprint density at radius 2 is 1.52 bits per heavy atom. The molecule has 3 rings (SSSR count). The number of aromatic nitrogens is 1. The van der Waals surface area contributed by atoms with Crippen LogP contribution in [0.15, 0.2) is 54.0 Å². The first kappa shape index (κ1) is 34.3. The van der Waals surface area contributed by atoms with E-state index in [1.807, 2.05) is 30.3 Å². The number of carbonyl (C=O) groups excluding carboxylic acids is 1. The second kappa shape index (κ2) is 20.1. The van der Waals surface area contributed by atoms with E-state index in [1.54, 1.807) is 11.3 Å². The smallest absolute Gasteiger partial charge is 0.234 e. The molecule has 40 heavy (non-hydrogen) atoms. The van der Waals surface area contributed by atoms with Gasteiger partial charge in [-0.3, -0.25) is 4.79 Å². The van der Waals surface area contributed by atoms with Gasteiger partial charge < -0.3 is 27.0 Å². The molecular formula is C33H46BrClN2O2S. The minimum atomic E-state index is -0.0853. The Balaban J connectivity index is 0.00000560. The minimum absolute atomic E-state index is 0. The van der Waals surface area contributed by atoms with E-state index >= 15 is 0 Å². The van der Waals surface area contributed by atoms with E-state index in [1.165, 1.54) is 81.2 Å². The van der Waals surface area contributed by atoms with Gasteiger partial charge in [0.05, 0.1) is 18.4 Å². The van der Waals surface area contributed by atoms with Crippen molar-refractivity contribution in [1.29, 1.82) is 0 Å². The zero-order chi connectivity index (χ0) is 27.7. The lowest BCUT2D eigenvalue weighted by Gasteiger charge is -2.10. The van der Waals surface area contributed by atoms with Crippen LogP contribution >= 0.6 is 22.9 Å². The number of hydrogen-bond donors (Lipinski definition) is 1. The predicted octanol–water partition coefficient (Wildman–Crippen LogP) is 6.31. The van der Waals surface area contributed by atoms with Gasteiger partial charge in [-0.1, -0.05) is 119 Å². The first-order valence-electron chi connectivity index (χ1n) is 14.8. The second-order valence-corrected chi connectivity index (χ2v) is 12.0. The maximum absolute atomic E-state index is 12.6. The van der Waals surface area contributed by atoms with Gasteiger partial charge in [0, 0.05) is 23.2 Å². The van der Waals surface area contributed by atoms with Crippen molar-refractivity contribution in [3.05, 3.63) is 75.2 Å². The normalized spacial score (nSPS) is 10.8. The summed E-state index contributed by atoms with van der Waals surface area (Å²) in [6.07, 6.45) is 18.3. The van der Waals surface area contributed by atoms with E-state index in [9.17, 15) is 4.79 Å². The number of carbonyl (C=O) groups is 1. The Hall–Kier alpha value is -1.89. The van der Waals surface area contributed by atoms with E-state index in [4.69, 9.17) is 16.3 Å². The number of amides is 1. The van der Waals surface area contributed by atoms with Gasteiger partial charge in [-0.05, 0) is 36.2 Å². The highest BCUT2D eigenvalue weighted by Crippen LogP contribution is 2.24. The van der Waals surface area contributed by atoms with E-state index in [0.29, 0.717) is 11.6 Å². The molecule has 0 saturated carbocycles. The molecule has 0 radical (unpaired) electrons. The number of nitrogens with one attached hydrogen (secondary N) is 1. The summed E-state index contributed by atoms with van der Waals surface area (Å²) >= 11 is 8.21. The summed E-state index contributed by atoms with van der Waals surface area (Å²) in [5.41, 5.74) is 2.78. The maximum Gasteiger partial charge on any atom is 0.234 e. The monoisotopic (exact) mass is 648 g/mol. The summed E-state index contributed by atoms with van der Waals surface area (Å²) in [5.74, 6) is 0.680. The van der Waals surface area contributed by atoms with Crippen LogP contribution in [0.5, 0.6) is 5.75 Å². The van der Waals surface area contributed by atoms with E-state index in [0.717, 1.165) is 30.0 Å². The van der Waals surface area contributed by atoms with Crippen molar-refractivity contribution in [3.63, 3.8) is 0 Å². The third kappa shape index (κ3) is 13.2. The van der Waals surface area contributed by atoms with Gasteiger partial charge in [0.25, 0.3) is 0 Å². The molecule has 0 aliphatic rings. The molecule has 7 heteroatoms. The number of anilines is 1. The highest BCUT2D eigenvalue weighted by atomic mass is 79.9. The lowest BCUT2D eigenvalue weighted by Crippen LogP contribution is -3.00. The van der Waals surface area contributed by atoms with Crippen molar-refractivity contribution in [2.45, 2.75) is 104 Å². The Labute approximate surface area is 261 Å². The summed E-state index contributed by atoms with van der Waals surface area (Å²) in [6, 6.07) is 13.6. The number of rotatable bonds is 19. The number of nitrogens with zero attached hydrogens (tertiary/aromatic N) is 1. The molecule has 4 nitrogen and oxygen atoms in total. The van der Waals surface area contributed by atoms with Crippen LogP contribution < -0.4 is 31.6 Å². The number of ether oxygens (including phenoxy) is 1. The fourth-order valence-electron chi connectivity index (χ4n) is 4.70. The van der Waals surface area contributed by atoms with Gasteiger partial charge in [-0.15, -0.1) is 0 Å². The van der Waals surface area contributed by atoms with Crippen molar-refractivity contribution in [2.24, 2.45) is 0 Å². The van der Waals surface area contributed by atoms with Crippen LogP contribution in [0.4, 0.5) is 5.69 Å². The summed E-state index contributed by atoms with van der Waals surface area (Å²) < 4.78 is 8.12. The average molecular weight is 650 g/mol. The molecule has 2 aromatic carbocycles. The highest BCUT2D eigenvalue weighted by molar-refractivity contribution is 7.09. The van der Waals surface area contributed by atoms with Gasteiger partial charge in [0.15, 0.2) is 12.7 Å². The van der Waals surface area contributed by atoms with E-state index in [-0.39, 0.29) is 29.3 Å². The van der Waals surface area contributed by atoms with E-state index < -0.39 is 0 Å². The topological polar surface area (TPSA) is 42.2 Å². The molecular weight excluding hydrogens is 604 g/mol. The fourth-order valence-corrected chi connectivity index (χ4v) is 5.60. The van der Waals surface area contributed by atoms with Crippen LogP contribution in [0, 0.1) is 6.92 Å². The summed E-state index contributed by atoms with van der Waals surface area (Å²) in [4.78, 5) is 12.6. The van der Waals surface area contributed by atoms with Crippen LogP contribution in [0.2, 0.25) is 5.02 Å². The van der Waals surface area contributed by atoms with Gasteiger partial charge in [0.2, 0.25) is 10.9 Å². The van der Waals surface area contributed by atoms with Gasteiger partial charge in [-0.25, -0.2) is 0 Å². The number of halogens is 2. The molecule has 0 atom stereocenters. The molecule has 0 unspecified atom stereocenters. The molecule has 1 aromatic heterocycles.